The zero-order chi connectivity index (χ0) is 33.8. The molecule has 3 heterocycles. The molecule has 48 heavy (non-hydrogen) atoms. The molecule has 2 fully saturated rings. The predicted molar refractivity (Wildman–Crippen MR) is 188 cm³/mol. The second-order valence-electron chi connectivity index (χ2n) is 12.3. The van der Waals surface area contributed by atoms with Crippen LogP contribution in [0.25, 0.3) is 0 Å². The molecule has 2 unspecified atom stereocenters. The number of halogens is 2. The summed E-state index contributed by atoms with van der Waals surface area (Å²) < 4.78 is 37.0. The number of sulfone groups is 1. The van der Waals surface area contributed by atoms with E-state index in [9.17, 15) is 13.2 Å². The molecule has 1 amide bonds. The van der Waals surface area contributed by atoms with E-state index in [2.05, 4.69) is 14.7 Å². The molecular weight excluding hydrogens is 673 g/mol. The molecule has 0 bridgehead atoms. The zero-order valence-electron chi connectivity index (χ0n) is 27.2. The number of benzene rings is 3. The third kappa shape index (κ3) is 7.98. The average Bonchev–Trinajstić information content (AvgIpc) is 3.45. The smallest absolute Gasteiger partial charge is 0.236 e. The van der Waals surface area contributed by atoms with Crippen LogP contribution >= 0.6 is 23.2 Å². The summed E-state index contributed by atoms with van der Waals surface area (Å²) in [5.41, 5.74) is 2.61. The number of rotatable bonds is 10. The van der Waals surface area contributed by atoms with Gasteiger partial charge in [0, 0.05) is 55.6 Å². The molecule has 0 radical (unpaired) electrons. The average molecular weight is 715 g/mol. The normalized spacial score (nSPS) is 21.0. The highest BCUT2D eigenvalue weighted by atomic mass is 35.5. The quantitative estimate of drug-likeness (QED) is 0.297. The number of piperazine rings is 1. The zero-order valence-corrected chi connectivity index (χ0v) is 29.6. The molecule has 256 valence electrons. The first-order valence-corrected chi connectivity index (χ1v) is 18.9. The van der Waals surface area contributed by atoms with Gasteiger partial charge in [0.15, 0.2) is 9.84 Å². The summed E-state index contributed by atoms with van der Waals surface area (Å²) in [7, 11) is -3.51. The van der Waals surface area contributed by atoms with Gasteiger partial charge in [-0.2, -0.15) is 0 Å². The van der Waals surface area contributed by atoms with E-state index < -0.39 is 9.84 Å². The summed E-state index contributed by atoms with van der Waals surface area (Å²) in [4.78, 5) is 27.2. The Hall–Kier alpha value is -3.19. The van der Waals surface area contributed by atoms with Crippen molar-refractivity contribution < 1.29 is 22.7 Å². The van der Waals surface area contributed by atoms with E-state index in [1.807, 2.05) is 60.4 Å². The number of hydrogen-bond donors (Lipinski definition) is 0. The van der Waals surface area contributed by atoms with Crippen LogP contribution in [0.3, 0.4) is 0 Å². The van der Waals surface area contributed by atoms with Crippen LogP contribution in [0.2, 0.25) is 10.0 Å². The van der Waals surface area contributed by atoms with E-state index in [1.165, 1.54) is 6.26 Å². The van der Waals surface area contributed by atoms with Gasteiger partial charge in [0.1, 0.15) is 17.6 Å². The summed E-state index contributed by atoms with van der Waals surface area (Å²) in [6.07, 6.45) is 1.21. The van der Waals surface area contributed by atoms with Crippen molar-refractivity contribution in [3.8, 4) is 5.75 Å². The summed E-state index contributed by atoms with van der Waals surface area (Å²) in [5, 5.41) is 1.26. The summed E-state index contributed by atoms with van der Waals surface area (Å²) in [6, 6.07) is 19.9. The highest BCUT2D eigenvalue weighted by molar-refractivity contribution is 7.90. The van der Waals surface area contributed by atoms with Crippen LogP contribution in [-0.2, 0) is 19.4 Å². The maximum Gasteiger partial charge on any atom is 0.236 e. The first-order valence-electron chi connectivity index (χ1n) is 16.2. The van der Waals surface area contributed by atoms with E-state index in [0.29, 0.717) is 73.3 Å². The van der Waals surface area contributed by atoms with Crippen molar-refractivity contribution in [1.82, 2.24) is 19.6 Å². The van der Waals surface area contributed by atoms with Gasteiger partial charge in [-0.1, -0.05) is 47.5 Å². The van der Waals surface area contributed by atoms with E-state index >= 15 is 0 Å². The summed E-state index contributed by atoms with van der Waals surface area (Å²) >= 11 is 12.6. The van der Waals surface area contributed by atoms with Crippen molar-refractivity contribution in [3.05, 3.63) is 93.5 Å². The standard InChI is InChI=1S/C35H41Cl2N5O5S/c1-3-47-31-13-12-29(48(2,44)45)22-30(31)35-38-33(25-4-8-27(36)9-5-25)34(26-6-10-28(37)11-7-26)42(35)24-40-16-14-39(15-17-40)23-32(43)41-18-20-46-21-19-41/h4-13,22,33-34H,3,14-21,23-24H2,1-2H3. The van der Waals surface area contributed by atoms with Gasteiger partial charge in [0.2, 0.25) is 5.91 Å². The van der Waals surface area contributed by atoms with E-state index in [0.717, 1.165) is 37.3 Å². The van der Waals surface area contributed by atoms with Crippen LogP contribution in [0.4, 0.5) is 0 Å². The lowest BCUT2D eigenvalue weighted by atomic mass is 9.94. The summed E-state index contributed by atoms with van der Waals surface area (Å²) in [6.45, 7) is 8.68. The molecule has 0 spiro atoms. The van der Waals surface area contributed by atoms with Gasteiger partial charge in [-0.3, -0.25) is 19.6 Å². The fraction of sp³-hybridized carbons (Fsp3) is 0.429. The molecule has 3 aromatic carbocycles. The SMILES string of the molecule is CCOc1ccc(S(C)(=O)=O)cc1C1=NC(c2ccc(Cl)cc2)C(c2ccc(Cl)cc2)N1CN1CCN(CC(=O)N2CCOCC2)CC1. The molecule has 2 atom stereocenters. The maximum atomic E-state index is 12.9. The van der Waals surface area contributed by atoms with Gasteiger partial charge >= 0.3 is 0 Å². The van der Waals surface area contributed by atoms with Crippen molar-refractivity contribution >= 4 is 44.8 Å². The van der Waals surface area contributed by atoms with Gasteiger partial charge in [0.05, 0.1) is 49.5 Å². The van der Waals surface area contributed by atoms with Crippen molar-refractivity contribution in [2.75, 3.05) is 78.6 Å². The Bertz CT molecular complexity index is 1720. The molecule has 6 rings (SSSR count). The fourth-order valence-electron chi connectivity index (χ4n) is 6.50. The molecule has 3 aromatic rings. The molecule has 3 aliphatic heterocycles. The Morgan fingerprint density at radius 2 is 1.48 bits per heavy atom. The van der Waals surface area contributed by atoms with Crippen molar-refractivity contribution in [2.24, 2.45) is 4.99 Å². The van der Waals surface area contributed by atoms with Gasteiger partial charge in [-0.25, -0.2) is 8.42 Å². The number of amidine groups is 1. The molecule has 13 heteroatoms. The third-order valence-corrected chi connectivity index (χ3v) is 10.7. The van der Waals surface area contributed by atoms with Crippen LogP contribution in [-0.4, -0.2) is 118 Å². The Morgan fingerprint density at radius 3 is 2.08 bits per heavy atom. The van der Waals surface area contributed by atoms with Gasteiger partial charge in [-0.05, 0) is 60.5 Å². The first-order chi connectivity index (χ1) is 23.1. The van der Waals surface area contributed by atoms with Gasteiger partial charge in [0.25, 0.3) is 0 Å². The number of ether oxygens (including phenoxy) is 2. The number of carbonyl (C=O) groups excluding carboxylic acids is 1. The topological polar surface area (TPSA) is 95.0 Å². The van der Waals surface area contributed by atoms with Crippen LogP contribution in [0.15, 0.2) is 76.6 Å². The Labute approximate surface area is 292 Å². The molecule has 3 aliphatic rings. The number of carbonyl (C=O) groups is 1. The lowest BCUT2D eigenvalue weighted by Crippen LogP contribution is -2.53. The Morgan fingerprint density at radius 1 is 0.875 bits per heavy atom. The Balaban J connectivity index is 1.35. The van der Waals surface area contributed by atoms with Crippen LogP contribution in [0.1, 0.15) is 35.7 Å². The molecular formula is C35H41Cl2N5O5S. The molecule has 0 aliphatic carbocycles. The van der Waals surface area contributed by atoms with Crippen LogP contribution in [0, 0.1) is 0 Å². The van der Waals surface area contributed by atoms with Crippen molar-refractivity contribution in [2.45, 2.75) is 23.9 Å². The van der Waals surface area contributed by atoms with Gasteiger partial charge < -0.3 is 19.3 Å². The molecule has 0 N–H and O–H groups in total. The third-order valence-electron chi connectivity index (χ3n) is 9.05. The lowest BCUT2D eigenvalue weighted by molar-refractivity contribution is -0.136. The second kappa shape index (κ2) is 15.1. The number of aliphatic imine (C=N–C) groups is 1. The van der Waals surface area contributed by atoms with Crippen LogP contribution in [0.5, 0.6) is 5.75 Å². The highest BCUT2D eigenvalue weighted by Crippen LogP contribution is 2.45. The minimum Gasteiger partial charge on any atom is -0.493 e. The maximum absolute atomic E-state index is 12.9. The number of nitrogens with zero attached hydrogens (tertiary/aromatic N) is 5. The van der Waals surface area contributed by atoms with Crippen molar-refractivity contribution in [3.63, 3.8) is 0 Å². The predicted octanol–water partition coefficient (Wildman–Crippen LogP) is 4.77. The minimum atomic E-state index is -3.51. The van der Waals surface area contributed by atoms with Gasteiger partial charge in [-0.15, -0.1) is 0 Å². The number of morpholine rings is 1. The van der Waals surface area contributed by atoms with Crippen LogP contribution < -0.4 is 4.74 Å². The fourth-order valence-corrected chi connectivity index (χ4v) is 7.40. The number of hydrogen-bond acceptors (Lipinski definition) is 9. The van der Waals surface area contributed by atoms with Crippen molar-refractivity contribution in [1.29, 1.82) is 0 Å². The number of amides is 1. The van der Waals surface area contributed by atoms with E-state index in [1.54, 1.807) is 18.2 Å². The lowest BCUT2D eigenvalue weighted by Gasteiger charge is -2.40. The monoisotopic (exact) mass is 713 g/mol. The first kappa shape index (κ1) is 34.7. The molecule has 2 saturated heterocycles. The largest absolute Gasteiger partial charge is 0.493 e. The highest BCUT2D eigenvalue weighted by Gasteiger charge is 2.41. The second-order valence-corrected chi connectivity index (χ2v) is 15.2. The molecule has 10 nitrogen and oxygen atoms in total. The molecule has 0 aromatic heterocycles. The minimum absolute atomic E-state index is 0.142. The van der Waals surface area contributed by atoms with E-state index in [-0.39, 0.29) is 22.9 Å². The van der Waals surface area contributed by atoms with E-state index in [4.69, 9.17) is 37.7 Å². The summed E-state index contributed by atoms with van der Waals surface area (Å²) in [5.74, 6) is 1.35. The molecule has 0 saturated carbocycles. The Kier molecular flexibility index (Phi) is 10.9.